The molecule has 0 saturated carbocycles. The van der Waals surface area contributed by atoms with Crippen LogP contribution in [0.25, 0.3) is 0 Å². The molecule has 0 fully saturated rings. The van der Waals surface area contributed by atoms with Crippen molar-refractivity contribution in [2.45, 2.75) is 25.7 Å². The molecule has 1 aliphatic heterocycles. The van der Waals surface area contributed by atoms with E-state index < -0.39 is 11.9 Å². The van der Waals surface area contributed by atoms with Crippen molar-refractivity contribution in [3.05, 3.63) is 29.1 Å². The third kappa shape index (κ3) is 2.58. The summed E-state index contributed by atoms with van der Waals surface area (Å²) >= 11 is 0. The number of alkyl halides is 3. The van der Waals surface area contributed by atoms with E-state index in [9.17, 15) is 13.2 Å². The fourth-order valence-corrected chi connectivity index (χ4v) is 1.88. The smallest absolute Gasteiger partial charge is 0.373 e. The van der Waals surface area contributed by atoms with E-state index in [1.165, 1.54) is 6.07 Å². The van der Waals surface area contributed by atoms with Crippen molar-refractivity contribution >= 4 is 0 Å². The molecule has 0 radical (unpaired) electrons. The lowest BCUT2D eigenvalue weighted by molar-refractivity contribution is -0.141. The summed E-state index contributed by atoms with van der Waals surface area (Å²) in [6.45, 7) is 3.27. The number of rotatable bonds is 2. The number of likely N-dealkylation sites (N-methyl/N-ethyl adjacent to an activating group) is 1. The number of hydrogen-bond donors (Lipinski definition) is 1. The first kappa shape index (κ1) is 12.3. The molecular weight excluding hydrogens is 233 g/mol. The summed E-state index contributed by atoms with van der Waals surface area (Å²) in [5.74, 6) is 0. The van der Waals surface area contributed by atoms with E-state index in [1.54, 1.807) is 0 Å². The Hall–Kier alpha value is -1.14. The maximum Gasteiger partial charge on any atom is 0.433 e. The highest BCUT2D eigenvalue weighted by atomic mass is 19.4. The van der Waals surface area contributed by atoms with E-state index in [0.29, 0.717) is 12.3 Å². The molecule has 1 aromatic heterocycles. The first-order valence-electron chi connectivity index (χ1n) is 5.40. The summed E-state index contributed by atoms with van der Waals surface area (Å²) < 4.78 is 42.7. The second kappa shape index (κ2) is 4.62. The zero-order valence-electron chi connectivity index (χ0n) is 9.34. The van der Waals surface area contributed by atoms with Crippen LogP contribution >= 0.6 is 0 Å². The number of ether oxygens (including phenoxy) is 1. The number of aromatic nitrogens is 1. The Labute approximate surface area is 97.0 Å². The average molecular weight is 246 g/mol. The summed E-state index contributed by atoms with van der Waals surface area (Å²) in [4.78, 5) is 3.63. The van der Waals surface area contributed by atoms with Gasteiger partial charge in [-0.1, -0.05) is 13.0 Å². The van der Waals surface area contributed by atoms with Crippen LogP contribution in [0.4, 0.5) is 13.2 Å². The minimum absolute atomic E-state index is 0.0708. The standard InChI is InChI=1S/C11H13F3N2O/c1-2-15-8-5-17-6-9-7(8)3-4-10(16-9)11(12,13)14/h3-4,8,15H,2,5-6H2,1H3. The normalized spacial score (nSPS) is 20.1. The van der Waals surface area contributed by atoms with Crippen LogP contribution in [0.15, 0.2) is 12.1 Å². The van der Waals surface area contributed by atoms with E-state index >= 15 is 0 Å². The number of hydrogen-bond acceptors (Lipinski definition) is 3. The Morgan fingerprint density at radius 1 is 1.47 bits per heavy atom. The zero-order valence-corrected chi connectivity index (χ0v) is 9.34. The molecule has 1 unspecified atom stereocenters. The second-order valence-corrected chi connectivity index (χ2v) is 3.86. The lowest BCUT2D eigenvalue weighted by Crippen LogP contribution is -2.30. The maximum atomic E-state index is 12.5. The van der Waals surface area contributed by atoms with Gasteiger partial charge in [0.15, 0.2) is 0 Å². The van der Waals surface area contributed by atoms with Gasteiger partial charge in [-0.2, -0.15) is 13.2 Å². The van der Waals surface area contributed by atoms with Crippen molar-refractivity contribution in [3.63, 3.8) is 0 Å². The Bertz CT molecular complexity index is 406. The van der Waals surface area contributed by atoms with Gasteiger partial charge >= 0.3 is 6.18 Å². The topological polar surface area (TPSA) is 34.1 Å². The molecule has 3 nitrogen and oxygen atoms in total. The minimum Gasteiger partial charge on any atom is -0.373 e. The van der Waals surface area contributed by atoms with Crippen molar-refractivity contribution in [2.75, 3.05) is 13.2 Å². The number of fused-ring (bicyclic) bond motifs is 1. The fraction of sp³-hybridized carbons (Fsp3) is 0.545. The van der Waals surface area contributed by atoms with Crippen LogP contribution in [0.2, 0.25) is 0 Å². The molecule has 0 aliphatic carbocycles. The van der Waals surface area contributed by atoms with Gasteiger partial charge in [0, 0.05) is 0 Å². The molecular formula is C11H13F3N2O. The molecule has 6 heteroatoms. The van der Waals surface area contributed by atoms with Crippen molar-refractivity contribution in [1.29, 1.82) is 0 Å². The zero-order chi connectivity index (χ0) is 12.5. The van der Waals surface area contributed by atoms with Crippen LogP contribution in [-0.2, 0) is 17.5 Å². The number of nitrogens with zero attached hydrogens (tertiary/aromatic N) is 1. The van der Waals surface area contributed by atoms with Gasteiger partial charge in [-0.05, 0) is 18.2 Å². The van der Waals surface area contributed by atoms with Gasteiger partial charge in [-0.25, -0.2) is 4.98 Å². The molecule has 0 spiro atoms. The first-order chi connectivity index (χ1) is 8.02. The third-order valence-corrected chi connectivity index (χ3v) is 2.65. The first-order valence-corrected chi connectivity index (χ1v) is 5.40. The number of pyridine rings is 1. The number of halogens is 3. The predicted octanol–water partition coefficient (Wildman–Crippen LogP) is 2.28. The minimum atomic E-state index is -4.40. The van der Waals surface area contributed by atoms with E-state index in [1.807, 2.05) is 6.92 Å². The largest absolute Gasteiger partial charge is 0.433 e. The molecule has 0 saturated heterocycles. The van der Waals surface area contributed by atoms with Crippen LogP contribution < -0.4 is 5.32 Å². The molecule has 1 atom stereocenters. The fourth-order valence-electron chi connectivity index (χ4n) is 1.88. The molecule has 1 N–H and O–H groups in total. The molecule has 2 heterocycles. The van der Waals surface area contributed by atoms with Gasteiger partial charge in [0.1, 0.15) is 5.69 Å². The molecule has 17 heavy (non-hydrogen) atoms. The predicted molar refractivity (Wildman–Crippen MR) is 55.3 cm³/mol. The van der Waals surface area contributed by atoms with Crippen molar-refractivity contribution in [1.82, 2.24) is 10.3 Å². The monoisotopic (exact) mass is 246 g/mol. The molecule has 1 aromatic rings. The SMILES string of the molecule is CCNC1COCc2nc(C(F)(F)F)ccc21. The van der Waals surface area contributed by atoms with Crippen LogP contribution in [-0.4, -0.2) is 18.1 Å². The van der Waals surface area contributed by atoms with E-state index in [2.05, 4.69) is 10.3 Å². The molecule has 0 amide bonds. The summed E-state index contributed by atoms with van der Waals surface area (Å²) in [7, 11) is 0. The molecule has 0 aromatic carbocycles. The molecule has 2 rings (SSSR count). The van der Waals surface area contributed by atoms with Crippen LogP contribution in [0.1, 0.15) is 29.9 Å². The Morgan fingerprint density at radius 2 is 2.24 bits per heavy atom. The highest BCUT2D eigenvalue weighted by Crippen LogP contribution is 2.31. The highest BCUT2D eigenvalue weighted by Gasteiger charge is 2.34. The average Bonchev–Trinajstić information content (AvgIpc) is 2.28. The van der Waals surface area contributed by atoms with Crippen molar-refractivity contribution in [3.8, 4) is 0 Å². The van der Waals surface area contributed by atoms with Crippen LogP contribution in [0.3, 0.4) is 0 Å². The van der Waals surface area contributed by atoms with Crippen molar-refractivity contribution < 1.29 is 17.9 Å². The van der Waals surface area contributed by atoms with E-state index in [0.717, 1.165) is 18.2 Å². The van der Waals surface area contributed by atoms with E-state index in [4.69, 9.17) is 4.74 Å². The molecule has 94 valence electrons. The van der Waals surface area contributed by atoms with Crippen molar-refractivity contribution in [2.24, 2.45) is 0 Å². The summed E-state index contributed by atoms with van der Waals surface area (Å²) in [5, 5.41) is 3.15. The number of nitrogens with one attached hydrogen (secondary N) is 1. The quantitative estimate of drug-likeness (QED) is 0.869. The lowest BCUT2D eigenvalue weighted by atomic mass is 10.0. The van der Waals surface area contributed by atoms with Gasteiger partial charge in [-0.3, -0.25) is 0 Å². The van der Waals surface area contributed by atoms with E-state index in [-0.39, 0.29) is 12.6 Å². The van der Waals surface area contributed by atoms with Gasteiger partial charge in [0.25, 0.3) is 0 Å². The Balaban J connectivity index is 2.33. The second-order valence-electron chi connectivity index (χ2n) is 3.86. The maximum absolute atomic E-state index is 12.5. The summed E-state index contributed by atoms with van der Waals surface area (Å²) in [6, 6.07) is 2.44. The lowest BCUT2D eigenvalue weighted by Gasteiger charge is -2.26. The Kier molecular flexibility index (Phi) is 3.35. The van der Waals surface area contributed by atoms with Gasteiger partial charge in [-0.15, -0.1) is 0 Å². The summed E-state index contributed by atoms with van der Waals surface area (Å²) in [5.41, 5.74) is 0.306. The van der Waals surface area contributed by atoms with Crippen LogP contribution in [0, 0.1) is 0 Å². The van der Waals surface area contributed by atoms with Gasteiger partial charge in [0.05, 0.1) is 24.9 Å². The van der Waals surface area contributed by atoms with Gasteiger partial charge < -0.3 is 10.1 Å². The third-order valence-electron chi connectivity index (χ3n) is 2.65. The Morgan fingerprint density at radius 3 is 2.88 bits per heavy atom. The molecule has 1 aliphatic rings. The van der Waals surface area contributed by atoms with Crippen LogP contribution in [0.5, 0.6) is 0 Å². The highest BCUT2D eigenvalue weighted by molar-refractivity contribution is 5.28. The summed E-state index contributed by atoms with van der Waals surface area (Å²) in [6.07, 6.45) is -4.40. The van der Waals surface area contributed by atoms with Gasteiger partial charge in [0.2, 0.25) is 0 Å². The molecule has 0 bridgehead atoms.